The molecule has 0 fully saturated rings. The quantitative estimate of drug-likeness (QED) is 0.582. The fourth-order valence-electron chi connectivity index (χ4n) is 1.89. The number of nitrogens with zero attached hydrogens (tertiary/aromatic N) is 1. The number of para-hydroxylation sites is 1. The van der Waals surface area contributed by atoms with Crippen LogP contribution < -0.4 is 4.90 Å². The Morgan fingerprint density at radius 2 is 1.61 bits per heavy atom. The highest BCUT2D eigenvalue weighted by atomic mass is 35.5. The van der Waals surface area contributed by atoms with Crippen LogP contribution in [0.25, 0.3) is 0 Å². The highest BCUT2D eigenvalue weighted by molar-refractivity contribution is 6.82. The van der Waals surface area contributed by atoms with Crippen LogP contribution in [0, 0.1) is 0 Å². The molecule has 0 aliphatic carbocycles. The lowest BCUT2D eigenvalue weighted by atomic mass is 10.1. The number of hydrogen-bond donors (Lipinski definition) is 0. The van der Waals surface area contributed by atoms with E-state index >= 15 is 0 Å². The summed E-state index contributed by atoms with van der Waals surface area (Å²) in [6.45, 7) is 0. The van der Waals surface area contributed by atoms with Crippen molar-refractivity contribution < 1.29 is 22.8 Å². The Morgan fingerprint density at radius 1 is 1.00 bits per heavy atom. The van der Waals surface area contributed by atoms with Gasteiger partial charge in [-0.2, -0.15) is 13.2 Å². The third-order valence-electron chi connectivity index (χ3n) is 2.90. The zero-order chi connectivity index (χ0) is 17.2. The molecule has 0 bridgehead atoms. The maximum atomic E-state index is 12.9. The molecule has 0 unspecified atom stereocenters. The van der Waals surface area contributed by atoms with Crippen molar-refractivity contribution in [3.8, 4) is 0 Å². The van der Waals surface area contributed by atoms with E-state index in [1.54, 1.807) is 18.2 Å². The number of carbonyl (C=O) groups excluding carboxylic acids is 2. The van der Waals surface area contributed by atoms with Gasteiger partial charge >= 0.3 is 17.3 Å². The van der Waals surface area contributed by atoms with Crippen LogP contribution in [-0.4, -0.2) is 11.1 Å². The lowest BCUT2D eigenvalue weighted by Gasteiger charge is -2.23. The Bertz CT molecular complexity index is 748. The zero-order valence-electron chi connectivity index (χ0n) is 11.3. The molecule has 23 heavy (non-hydrogen) atoms. The summed E-state index contributed by atoms with van der Waals surface area (Å²) in [5, 5.41) is -1.48. The first-order chi connectivity index (χ1) is 10.7. The molecule has 2 aromatic carbocycles. The Kier molecular flexibility index (Phi) is 4.97. The molecule has 1 amide bonds. The Hall–Kier alpha value is -2.05. The third kappa shape index (κ3) is 3.83. The van der Waals surface area contributed by atoms with Gasteiger partial charge in [0.15, 0.2) is 0 Å². The second kappa shape index (κ2) is 6.60. The van der Waals surface area contributed by atoms with Crippen LogP contribution in [-0.2, 0) is 15.8 Å². The number of anilines is 2. The SMILES string of the molecule is O=C(Cl)C(=O)N(c1ccccc1)c1cc(C(F)(F)F)ccc1Cl. The van der Waals surface area contributed by atoms with Crippen LogP contribution in [0.15, 0.2) is 48.5 Å². The van der Waals surface area contributed by atoms with Crippen LogP contribution in [0.5, 0.6) is 0 Å². The fourth-order valence-corrected chi connectivity index (χ4v) is 2.18. The van der Waals surface area contributed by atoms with E-state index in [2.05, 4.69) is 0 Å². The maximum absolute atomic E-state index is 12.9. The van der Waals surface area contributed by atoms with Gasteiger partial charge in [-0.1, -0.05) is 29.8 Å². The van der Waals surface area contributed by atoms with Crippen molar-refractivity contribution in [3.63, 3.8) is 0 Å². The maximum Gasteiger partial charge on any atom is 0.416 e. The minimum atomic E-state index is -4.63. The molecule has 0 aromatic heterocycles. The molecule has 0 saturated carbocycles. The molecule has 0 aliphatic heterocycles. The molecule has 2 rings (SSSR count). The summed E-state index contributed by atoms with van der Waals surface area (Å²) < 4.78 is 38.7. The van der Waals surface area contributed by atoms with Gasteiger partial charge in [0.2, 0.25) is 0 Å². The predicted molar refractivity (Wildman–Crippen MR) is 80.9 cm³/mol. The molecule has 0 atom stereocenters. The Labute approximate surface area is 139 Å². The number of rotatable bonds is 3. The topological polar surface area (TPSA) is 37.4 Å². The third-order valence-corrected chi connectivity index (χ3v) is 3.38. The van der Waals surface area contributed by atoms with Crippen molar-refractivity contribution >= 4 is 45.7 Å². The Morgan fingerprint density at radius 3 is 2.13 bits per heavy atom. The van der Waals surface area contributed by atoms with E-state index in [1.807, 2.05) is 0 Å². The fraction of sp³-hybridized carbons (Fsp3) is 0.0667. The minimum Gasteiger partial charge on any atom is -0.272 e. The molecule has 0 N–H and O–H groups in total. The van der Waals surface area contributed by atoms with E-state index in [1.165, 1.54) is 12.1 Å². The van der Waals surface area contributed by atoms with Gasteiger partial charge in [-0.25, -0.2) is 0 Å². The second-order valence-corrected chi connectivity index (χ2v) is 5.16. The molecular weight excluding hydrogens is 354 g/mol. The minimum absolute atomic E-state index is 0.131. The van der Waals surface area contributed by atoms with Crippen molar-refractivity contribution in [2.24, 2.45) is 0 Å². The lowest BCUT2D eigenvalue weighted by molar-refractivity contribution is -0.137. The molecule has 120 valence electrons. The summed E-state index contributed by atoms with van der Waals surface area (Å²) in [5.41, 5.74) is -1.13. The van der Waals surface area contributed by atoms with Crippen LogP contribution in [0.3, 0.4) is 0 Å². The number of carbonyl (C=O) groups is 2. The molecule has 0 spiro atoms. The molecular formula is C15H8Cl2F3NO2. The first-order valence-corrected chi connectivity index (χ1v) is 6.93. The van der Waals surface area contributed by atoms with Crippen molar-refractivity contribution in [2.45, 2.75) is 6.18 Å². The number of amides is 1. The normalized spacial score (nSPS) is 11.2. The van der Waals surface area contributed by atoms with E-state index in [-0.39, 0.29) is 16.4 Å². The largest absolute Gasteiger partial charge is 0.416 e. The summed E-state index contributed by atoms with van der Waals surface area (Å²) >= 11 is 11.1. The van der Waals surface area contributed by atoms with Gasteiger partial charge in [0.1, 0.15) is 0 Å². The first kappa shape index (κ1) is 17.3. The summed E-state index contributed by atoms with van der Waals surface area (Å²) in [6, 6.07) is 10.1. The highest BCUT2D eigenvalue weighted by Crippen LogP contribution is 2.38. The van der Waals surface area contributed by atoms with Crippen molar-refractivity contribution in [3.05, 3.63) is 59.1 Å². The predicted octanol–water partition coefficient (Wildman–Crippen LogP) is 4.79. The molecule has 0 aliphatic rings. The summed E-state index contributed by atoms with van der Waals surface area (Å²) in [4.78, 5) is 24.0. The van der Waals surface area contributed by atoms with E-state index in [4.69, 9.17) is 23.2 Å². The number of hydrogen-bond acceptors (Lipinski definition) is 2. The van der Waals surface area contributed by atoms with E-state index in [9.17, 15) is 22.8 Å². The summed E-state index contributed by atoms with van der Waals surface area (Å²) in [6.07, 6.45) is -4.63. The van der Waals surface area contributed by atoms with Crippen molar-refractivity contribution in [1.29, 1.82) is 0 Å². The molecule has 0 radical (unpaired) electrons. The molecule has 3 nitrogen and oxygen atoms in total. The van der Waals surface area contributed by atoms with E-state index in [0.717, 1.165) is 17.0 Å². The van der Waals surface area contributed by atoms with Crippen molar-refractivity contribution in [1.82, 2.24) is 0 Å². The smallest absolute Gasteiger partial charge is 0.272 e. The number of benzene rings is 2. The van der Waals surface area contributed by atoms with Gasteiger partial charge < -0.3 is 0 Å². The van der Waals surface area contributed by atoms with Crippen LogP contribution in [0.4, 0.5) is 24.5 Å². The monoisotopic (exact) mass is 361 g/mol. The van der Waals surface area contributed by atoms with E-state index < -0.39 is 22.9 Å². The van der Waals surface area contributed by atoms with Gasteiger partial charge in [0.05, 0.1) is 16.3 Å². The van der Waals surface area contributed by atoms with Gasteiger partial charge in [-0.3, -0.25) is 14.5 Å². The summed E-state index contributed by atoms with van der Waals surface area (Å²) in [7, 11) is 0. The second-order valence-electron chi connectivity index (χ2n) is 4.41. The summed E-state index contributed by atoms with van der Waals surface area (Å²) in [5.74, 6) is -1.21. The average molecular weight is 362 g/mol. The molecule has 0 saturated heterocycles. The highest BCUT2D eigenvalue weighted by Gasteiger charge is 2.33. The standard InChI is InChI=1S/C15H8Cl2F3NO2/c16-11-7-6-9(15(18,19)20)8-12(11)21(14(23)13(17)22)10-4-2-1-3-5-10/h1-8H. The number of alkyl halides is 3. The van der Waals surface area contributed by atoms with Gasteiger partial charge in [0, 0.05) is 5.69 Å². The van der Waals surface area contributed by atoms with E-state index in [0.29, 0.717) is 6.07 Å². The van der Waals surface area contributed by atoms with Crippen LogP contribution >= 0.6 is 23.2 Å². The molecule has 2 aromatic rings. The van der Waals surface area contributed by atoms with Gasteiger partial charge in [-0.15, -0.1) is 0 Å². The van der Waals surface area contributed by atoms with Gasteiger partial charge in [0.25, 0.3) is 0 Å². The number of halogens is 5. The van der Waals surface area contributed by atoms with Crippen LogP contribution in [0.1, 0.15) is 5.56 Å². The molecule has 0 heterocycles. The molecule has 8 heteroatoms. The van der Waals surface area contributed by atoms with Crippen molar-refractivity contribution in [2.75, 3.05) is 4.90 Å². The average Bonchev–Trinajstić information content (AvgIpc) is 2.49. The zero-order valence-corrected chi connectivity index (χ0v) is 12.8. The lowest BCUT2D eigenvalue weighted by Crippen LogP contribution is -2.30. The van der Waals surface area contributed by atoms with Crippen LogP contribution in [0.2, 0.25) is 5.02 Å². The first-order valence-electron chi connectivity index (χ1n) is 6.17. The Balaban J connectivity index is 2.65. The van der Waals surface area contributed by atoms with Gasteiger partial charge in [-0.05, 0) is 41.9 Å².